The smallest absolute Gasteiger partial charge is 0.230 e. The Morgan fingerprint density at radius 1 is 1.30 bits per heavy atom. The van der Waals surface area contributed by atoms with Gasteiger partial charge in [0.15, 0.2) is 5.78 Å². The van der Waals surface area contributed by atoms with E-state index < -0.39 is 17.9 Å². The van der Waals surface area contributed by atoms with Gasteiger partial charge in [0, 0.05) is 11.3 Å². The predicted molar refractivity (Wildman–Crippen MR) is 71.3 cm³/mol. The van der Waals surface area contributed by atoms with Crippen LogP contribution in [0.15, 0.2) is 24.3 Å². The topological polar surface area (TPSA) is 90.7 Å². The summed E-state index contributed by atoms with van der Waals surface area (Å²) in [6, 6.07) is 5.58. The number of aliphatic carboxylic acids is 1. The zero-order valence-electron chi connectivity index (χ0n) is 11.7. The molecule has 1 amide bonds. The van der Waals surface area contributed by atoms with Gasteiger partial charge in [-0.05, 0) is 19.1 Å². The van der Waals surface area contributed by atoms with Crippen LogP contribution in [0.2, 0.25) is 0 Å². The first kappa shape index (κ1) is 15.8. The van der Waals surface area contributed by atoms with Crippen molar-refractivity contribution in [1.29, 1.82) is 0 Å². The number of quaternary nitrogens is 1. The monoisotopic (exact) mass is 278 g/mol. The molecule has 0 saturated heterocycles. The Morgan fingerprint density at radius 2 is 1.95 bits per heavy atom. The molecule has 1 rings (SSSR count). The van der Waals surface area contributed by atoms with Crippen LogP contribution in [0.4, 0.5) is 5.69 Å². The van der Waals surface area contributed by atoms with Crippen molar-refractivity contribution in [3.05, 3.63) is 29.8 Å². The fourth-order valence-electron chi connectivity index (χ4n) is 1.74. The van der Waals surface area contributed by atoms with Crippen LogP contribution in [-0.2, 0) is 9.59 Å². The largest absolute Gasteiger partial charge is 0.544 e. The lowest BCUT2D eigenvalue weighted by atomic mass is 10.1. The molecule has 0 saturated carbocycles. The molecule has 0 bridgehead atoms. The normalized spacial score (nSPS) is 12.0. The van der Waals surface area contributed by atoms with Crippen molar-refractivity contribution >= 4 is 23.3 Å². The molecule has 0 aliphatic rings. The highest BCUT2D eigenvalue weighted by Gasteiger charge is 2.20. The maximum atomic E-state index is 11.8. The number of benzene rings is 1. The fourth-order valence-corrected chi connectivity index (χ4v) is 1.74. The molecule has 0 fully saturated rings. The third kappa shape index (κ3) is 4.47. The number of likely N-dealkylation sites (N-methyl/N-ethyl adjacent to an activating group) is 1. The van der Waals surface area contributed by atoms with Crippen molar-refractivity contribution < 1.29 is 24.4 Å². The Hall–Kier alpha value is -2.21. The van der Waals surface area contributed by atoms with Crippen LogP contribution in [0.5, 0.6) is 0 Å². The van der Waals surface area contributed by atoms with Gasteiger partial charge in [-0.15, -0.1) is 0 Å². The van der Waals surface area contributed by atoms with Crippen molar-refractivity contribution in [3.63, 3.8) is 0 Å². The summed E-state index contributed by atoms with van der Waals surface area (Å²) in [5.41, 5.74) is 0.950. The van der Waals surface area contributed by atoms with Crippen molar-refractivity contribution in [2.24, 2.45) is 0 Å². The summed E-state index contributed by atoms with van der Waals surface area (Å²) >= 11 is 0. The van der Waals surface area contributed by atoms with Gasteiger partial charge in [-0.2, -0.15) is 0 Å². The molecule has 0 spiro atoms. The van der Waals surface area contributed by atoms with E-state index in [-0.39, 0.29) is 12.2 Å². The second-order valence-corrected chi connectivity index (χ2v) is 4.84. The van der Waals surface area contributed by atoms with E-state index >= 15 is 0 Å². The standard InChI is InChI=1S/C14H18N2O4/c1-9(17)10-5-4-6-11(7-10)15-13(18)8-12(14(19)20)16(2)3/h4-7,12H,8H2,1-3H3,(H,15,18)(H,19,20)/t12-/m1/s1. The van der Waals surface area contributed by atoms with Gasteiger partial charge >= 0.3 is 0 Å². The minimum absolute atomic E-state index is 0.105. The molecule has 6 heteroatoms. The molecule has 1 aromatic rings. The molecular weight excluding hydrogens is 260 g/mol. The van der Waals surface area contributed by atoms with Crippen LogP contribution in [0.25, 0.3) is 0 Å². The molecule has 0 unspecified atom stereocenters. The molecule has 1 aromatic carbocycles. The van der Waals surface area contributed by atoms with Crippen LogP contribution in [-0.4, -0.2) is 37.8 Å². The number of carbonyl (C=O) groups excluding carboxylic acids is 3. The Kier molecular flexibility index (Phi) is 5.40. The van der Waals surface area contributed by atoms with Gasteiger partial charge in [-0.1, -0.05) is 12.1 Å². The third-order valence-corrected chi connectivity index (χ3v) is 2.92. The number of rotatable bonds is 6. The predicted octanol–water partition coefficient (Wildman–Crippen LogP) is -1.52. The molecule has 6 nitrogen and oxygen atoms in total. The summed E-state index contributed by atoms with van der Waals surface area (Å²) in [7, 11) is 3.29. The molecule has 2 N–H and O–H groups in total. The van der Waals surface area contributed by atoms with Crippen molar-refractivity contribution in [3.8, 4) is 0 Å². The first-order chi connectivity index (χ1) is 9.31. The lowest BCUT2D eigenvalue weighted by Gasteiger charge is -2.21. The minimum atomic E-state index is -1.27. The van der Waals surface area contributed by atoms with Crippen LogP contribution in [0.3, 0.4) is 0 Å². The summed E-state index contributed by atoms with van der Waals surface area (Å²) < 4.78 is 0. The first-order valence-corrected chi connectivity index (χ1v) is 6.23. The summed E-state index contributed by atoms with van der Waals surface area (Å²) in [6.07, 6.45) is -0.186. The maximum Gasteiger partial charge on any atom is 0.230 e. The Bertz CT molecular complexity index is 526. The lowest BCUT2D eigenvalue weighted by molar-refractivity contribution is -0.878. The highest BCUT2D eigenvalue weighted by Crippen LogP contribution is 2.11. The molecule has 0 radical (unpaired) electrons. The number of nitrogens with one attached hydrogen (secondary N) is 2. The second kappa shape index (κ2) is 6.81. The summed E-state index contributed by atoms with van der Waals surface area (Å²) in [4.78, 5) is 34.6. The Balaban J connectivity index is 2.73. The van der Waals surface area contributed by atoms with Gasteiger partial charge in [0.05, 0.1) is 26.5 Å². The number of Topliss-reactive ketones (excluding diaryl/α,β-unsaturated/α-hetero) is 1. The summed E-state index contributed by atoms with van der Waals surface area (Å²) in [5, 5.41) is 13.5. The Morgan fingerprint density at radius 3 is 2.45 bits per heavy atom. The van der Waals surface area contributed by atoms with Crippen molar-refractivity contribution in [1.82, 2.24) is 0 Å². The molecule has 0 heterocycles. The van der Waals surface area contributed by atoms with Crippen LogP contribution in [0, 0.1) is 0 Å². The fraction of sp³-hybridized carbons (Fsp3) is 0.357. The van der Waals surface area contributed by atoms with E-state index in [1.54, 1.807) is 38.4 Å². The van der Waals surface area contributed by atoms with E-state index in [4.69, 9.17) is 0 Å². The molecule has 1 atom stereocenters. The van der Waals surface area contributed by atoms with E-state index in [0.717, 1.165) is 0 Å². The summed E-state index contributed by atoms with van der Waals surface area (Å²) in [5.74, 6) is -1.80. The number of carbonyl (C=O) groups is 3. The number of hydrogen-bond donors (Lipinski definition) is 2. The average Bonchev–Trinajstić information content (AvgIpc) is 2.35. The van der Waals surface area contributed by atoms with Gasteiger partial charge in [0.1, 0.15) is 6.04 Å². The van der Waals surface area contributed by atoms with E-state index in [9.17, 15) is 19.5 Å². The van der Waals surface area contributed by atoms with E-state index in [2.05, 4.69) is 5.32 Å². The second-order valence-electron chi connectivity index (χ2n) is 4.84. The molecular formula is C14H18N2O4. The minimum Gasteiger partial charge on any atom is -0.544 e. The maximum absolute atomic E-state index is 11.8. The summed E-state index contributed by atoms with van der Waals surface area (Å²) in [6.45, 7) is 1.43. The van der Waals surface area contributed by atoms with Crippen molar-refractivity contribution in [2.45, 2.75) is 19.4 Å². The number of amides is 1. The number of hydrogen-bond acceptors (Lipinski definition) is 4. The van der Waals surface area contributed by atoms with Gasteiger partial charge in [0.2, 0.25) is 5.91 Å². The molecule has 0 aromatic heterocycles. The quantitative estimate of drug-likeness (QED) is 0.618. The molecule has 108 valence electrons. The van der Waals surface area contributed by atoms with Gasteiger partial charge in [-0.3, -0.25) is 9.59 Å². The first-order valence-electron chi connectivity index (χ1n) is 6.23. The molecule has 0 aliphatic carbocycles. The third-order valence-electron chi connectivity index (χ3n) is 2.92. The zero-order chi connectivity index (χ0) is 15.3. The van der Waals surface area contributed by atoms with E-state index in [1.165, 1.54) is 6.92 Å². The number of ketones is 1. The van der Waals surface area contributed by atoms with Crippen LogP contribution < -0.4 is 15.3 Å². The van der Waals surface area contributed by atoms with E-state index in [0.29, 0.717) is 16.2 Å². The zero-order valence-corrected chi connectivity index (χ0v) is 11.7. The van der Waals surface area contributed by atoms with Gasteiger partial charge < -0.3 is 20.1 Å². The lowest BCUT2D eigenvalue weighted by Crippen LogP contribution is -3.12. The molecule has 20 heavy (non-hydrogen) atoms. The highest BCUT2D eigenvalue weighted by atomic mass is 16.4. The average molecular weight is 278 g/mol. The number of carboxylic acids is 1. The SMILES string of the molecule is CC(=O)c1cccc(NC(=O)C[C@H](C(=O)[O-])[NH+](C)C)c1. The highest BCUT2D eigenvalue weighted by molar-refractivity contribution is 5.97. The van der Waals surface area contributed by atoms with Gasteiger partial charge in [-0.25, -0.2) is 0 Å². The Labute approximate surface area is 117 Å². The number of carboxylic acid groups (broad SMARTS) is 1. The van der Waals surface area contributed by atoms with Crippen LogP contribution >= 0.6 is 0 Å². The number of anilines is 1. The van der Waals surface area contributed by atoms with Gasteiger partial charge in [0.25, 0.3) is 0 Å². The molecule has 0 aliphatic heterocycles. The van der Waals surface area contributed by atoms with Crippen molar-refractivity contribution in [2.75, 3.05) is 19.4 Å². The van der Waals surface area contributed by atoms with E-state index in [1.807, 2.05) is 0 Å². The van der Waals surface area contributed by atoms with Crippen LogP contribution in [0.1, 0.15) is 23.7 Å².